The molecule has 1 aliphatic rings. The zero-order chi connectivity index (χ0) is 14.2. The Morgan fingerprint density at radius 1 is 1.47 bits per heavy atom. The summed E-state index contributed by atoms with van der Waals surface area (Å²) in [6, 6.07) is 5.55. The number of carbonyl (C=O) groups is 1. The molecule has 0 radical (unpaired) electrons. The van der Waals surface area contributed by atoms with Crippen LogP contribution in [0.2, 0.25) is 10.0 Å². The van der Waals surface area contributed by atoms with E-state index >= 15 is 0 Å². The van der Waals surface area contributed by atoms with Gasteiger partial charge in [-0.2, -0.15) is 0 Å². The summed E-state index contributed by atoms with van der Waals surface area (Å²) in [7, 11) is 0. The van der Waals surface area contributed by atoms with E-state index in [1.807, 2.05) is 19.1 Å². The highest BCUT2D eigenvalue weighted by Gasteiger charge is 2.38. The van der Waals surface area contributed by atoms with Crippen LogP contribution in [-0.4, -0.2) is 28.6 Å². The highest BCUT2D eigenvalue weighted by atomic mass is 35.5. The molecule has 104 valence electrons. The van der Waals surface area contributed by atoms with Crippen molar-refractivity contribution in [1.29, 1.82) is 0 Å². The summed E-state index contributed by atoms with van der Waals surface area (Å²) in [6.07, 6.45) is 0.687. The maximum atomic E-state index is 11.2. The molecule has 3 nitrogen and oxygen atoms in total. The Balaban J connectivity index is 2.20. The van der Waals surface area contributed by atoms with Gasteiger partial charge in [-0.15, -0.1) is 0 Å². The summed E-state index contributed by atoms with van der Waals surface area (Å²) in [5, 5.41) is 10.4. The van der Waals surface area contributed by atoms with E-state index in [0.717, 1.165) is 12.1 Å². The molecular weight excluding hydrogens is 285 g/mol. The number of aliphatic carboxylic acids is 1. The number of nitrogens with zero attached hydrogens (tertiary/aromatic N) is 1. The molecule has 1 heterocycles. The number of carboxylic acid groups (broad SMARTS) is 1. The number of rotatable bonds is 3. The van der Waals surface area contributed by atoms with Crippen molar-refractivity contribution in [3.8, 4) is 0 Å². The number of halogens is 2. The molecule has 0 bridgehead atoms. The first kappa shape index (κ1) is 14.6. The fourth-order valence-corrected chi connectivity index (χ4v) is 3.43. The Hall–Kier alpha value is -0.770. The molecule has 0 aliphatic carbocycles. The van der Waals surface area contributed by atoms with E-state index in [4.69, 9.17) is 23.2 Å². The first-order valence-electron chi connectivity index (χ1n) is 6.35. The summed E-state index contributed by atoms with van der Waals surface area (Å²) in [5.41, 5.74) is 0.990. The lowest BCUT2D eigenvalue weighted by atomic mass is 10.0. The molecule has 5 heteroatoms. The Labute approximate surface area is 123 Å². The monoisotopic (exact) mass is 301 g/mol. The number of likely N-dealkylation sites (tertiary alicyclic amines) is 1. The van der Waals surface area contributed by atoms with Gasteiger partial charge in [0.2, 0.25) is 0 Å². The maximum absolute atomic E-state index is 11.2. The van der Waals surface area contributed by atoms with Crippen LogP contribution in [0.3, 0.4) is 0 Å². The van der Waals surface area contributed by atoms with E-state index in [0.29, 0.717) is 16.5 Å². The molecule has 0 saturated carbocycles. The molecule has 3 atom stereocenters. The maximum Gasteiger partial charge on any atom is 0.308 e. The zero-order valence-corrected chi connectivity index (χ0v) is 12.4. The van der Waals surface area contributed by atoms with Crippen LogP contribution in [0.25, 0.3) is 0 Å². The van der Waals surface area contributed by atoms with Gasteiger partial charge in [-0.1, -0.05) is 29.3 Å². The van der Waals surface area contributed by atoms with Gasteiger partial charge in [-0.3, -0.25) is 9.69 Å². The van der Waals surface area contributed by atoms with Crippen LogP contribution in [0.5, 0.6) is 0 Å². The quantitative estimate of drug-likeness (QED) is 0.922. The van der Waals surface area contributed by atoms with E-state index in [1.54, 1.807) is 6.07 Å². The van der Waals surface area contributed by atoms with Gasteiger partial charge < -0.3 is 5.11 Å². The van der Waals surface area contributed by atoms with E-state index in [-0.39, 0.29) is 18.0 Å². The molecule has 0 amide bonds. The highest BCUT2D eigenvalue weighted by molar-refractivity contribution is 6.35. The first-order chi connectivity index (χ1) is 8.91. The van der Waals surface area contributed by atoms with Crippen molar-refractivity contribution in [2.75, 3.05) is 6.54 Å². The third-order valence-electron chi connectivity index (χ3n) is 4.03. The van der Waals surface area contributed by atoms with Crippen molar-refractivity contribution in [2.45, 2.75) is 32.4 Å². The van der Waals surface area contributed by atoms with Crippen LogP contribution in [0.1, 0.15) is 31.9 Å². The Morgan fingerprint density at radius 2 is 2.16 bits per heavy atom. The highest BCUT2D eigenvalue weighted by Crippen LogP contribution is 2.36. The second kappa shape index (κ2) is 5.70. The minimum absolute atomic E-state index is 0.0132. The van der Waals surface area contributed by atoms with Gasteiger partial charge in [0.1, 0.15) is 0 Å². The summed E-state index contributed by atoms with van der Waals surface area (Å²) >= 11 is 12.1. The lowest BCUT2D eigenvalue weighted by molar-refractivity contribution is -0.142. The minimum atomic E-state index is -0.718. The summed E-state index contributed by atoms with van der Waals surface area (Å²) < 4.78 is 0. The topological polar surface area (TPSA) is 40.5 Å². The second-order valence-electron chi connectivity index (χ2n) is 5.05. The summed E-state index contributed by atoms with van der Waals surface area (Å²) in [4.78, 5) is 13.3. The van der Waals surface area contributed by atoms with Gasteiger partial charge in [-0.05, 0) is 44.5 Å². The third kappa shape index (κ3) is 2.88. The van der Waals surface area contributed by atoms with E-state index in [9.17, 15) is 9.90 Å². The van der Waals surface area contributed by atoms with Gasteiger partial charge in [0.15, 0.2) is 0 Å². The van der Waals surface area contributed by atoms with Crippen molar-refractivity contribution in [3.05, 3.63) is 33.8 Å². The van der Waals surface area contributed by atoms with Gasteiger partial charge in [0.05, 0.1) is 5.92 Å². The van der Waals surface area contributed by atoms with Crippen molar-refractivity contribution < 1.29 is 9.90 Å². The third-order valence-corrected chi connectivity index (χ3v) is 4.59. The molecule has 1 aromatic carbocycles. The molecule has 0 spiro atoms. The van der Waals surface area contributed by atoms with Crippen LogP contribution in [0, 0.1) is 5.92 Å². The largest absolute Gasteiger partial charge is 0.481 e. The SMILES string of the molecule is CC(c1ccc(Cl)cc1Cl)N1CCC(C(=O)O)C1C. The van der Waals surface area contributed by atoms with Crippen molar-refractivity contribution in [2.24, 2.45) is 5.92 Å². The Morgan fingerprint density at radius 3 is 2.68 bits per heavy atom. The van der Waals surface area contributed by atoms with Crippen LogP contribution < -0.4 is 0 Å². The zero-order valence-electron chi connectivity index (χ0n) is 10.9. The average Bonchev–Trinajstić information content (AvgIpc) is 2.70. The molecule has 1 N–H and O–H groups in total. The van der Waals surface area contributed by atoms with E-state index < -0.39 is 5.97 Å². The lowest BCUT2D eigenvalue weighted by Crippen LogP contribution is -2.35. The average molecular weight is 302 g/mol. The fourth-order valence-electron chi connectivity index (χ4n) is 2.86. The predicted octanol–water partition coefficient (Wildman–Crippen LogP) is 3.85. The Kier molecular flexibility index (Phi) is 4.39. The van der Waals surface area contributed by atoms with E-state index in [1.165, 1.54) is 0 Å². The molecule has 1 fully saturated rings. The molecule has 1 saturated heterocycles. The predicted molar refractivity (Wildman–Crippen MR) is 76.8 cm³/mol. The van der Waals surface area contributed by atoms with Gasteiger partial charge in [0, 0.05) is 22.1 Å². The number of hydrogen-bond acceptors (Lipinski definition) is 2. The minimum Gasteiger partial charge on any atom is -0.481 e. The number of hydrogen-bond donors (Lipinski definition) is 1. The molecule has 2 rings (SSSR count). The smallest absolute Gasteiger partial charge is 0.308 e. The van der Waals surface area contributed by atoms with Crippen molar-refractivity contribution in [1.82, 2.24) is 4.90 Å². The molecule has 1 aromatic rings. The molecular formula is C14H17Cl2NO2. The van der Waals surface area contributed by atoms with Gasteiger partial charge >= 0.3 is 5.97 Å². The molecule has 3 unspecified atom stereocenters. The van der Waals surface area contributed by atoms with Crippen LogP contribution >= 0.6 is 23.2 Å². The Bertz CT molecular complexity index is 492. The molecule has 19 heavy (non-hydrogen) atoms. The summed E-state index contributed by atoms with van der Waals surface area (Å²) in [5.74, 6) is -1.02. The van der Waals surface area contributed by atoms with Gasteiger partial charge in [-0.25, -0.2) is 0 Å². The number of benzene rings is 1. The van der Waals surface area contributed by atoms with E-state index in [2.05, 4.69) is 11.8 Å². The molecule has 1 aliphatic heterocycles. The van der Waals surface area contributed by atoms with Crippen molar-refractivity contribution >= 4 is 29.2 Å². The second-order valence-corrected chi connectivity index (χ2v) is 5.90. The lowest BCUT2D eigenvalue weighted by Gasteiger charge is -2.30. The normalized spacial score (nSPS) is 25.5. The van der Waals surface area contributed by atoms with Crippen LogP contribution in [0.4, 0.5) is 0 Å². The number of carboxylic acids is 1. The first-order valence-corrected chi connectivity index (χ1v) is 7.11. The van der Waals surface area contributed by atoms with Gasteiger partial charge in [0.25, 0.3) is 0 Å². The molecule has 0 aromatic heterocycles. The van der Waals surface area contributed by atoms with Crippen LogP contribution in [0.15, 0.2) is 18.2 Å². The standard InChI is InChI=1S/C14H17Cl2NO2/c1-8(11-4-3-10(15)7-13(11)16)17-6-5-12(9(17)2)14(18)19/h3-4,7-9,12H,5-6H2,1-2H3,(H,18,19). The van der Waals surface area contributed by atoms with Crippen molar-refractivity contribution in [3.63, 3.8) is 0 Å². The van der Waals surface area contributed by atoms with Crippen LogP contribution in [-0.2, 0) is 4.79 Å². The summed E-state index contributed by atoms with van der Waals surface area (Å²) in [6.45, 7) is 4.79. The fraction of sp³-hybridized carbons (Fsp3) is 0.500.